The Morgan fingerprint density at radius 2 is 1.74 bits per heavy atom. The minimum absolute atomic E-state index is 0.142. The summed E-state index contributed by atoms with van der Waals surface area (Å²) in [5.41, 5.74) is 0.142. The Balaban J connectivity index is 1.83. The summed E-state index contributed by atoms with van der Waals surface area (Å²) in [6.45, 7) is 6.78. The van der Waals surface area contributed by atoms with E-state index in [9.17, 15) is 0 Å². The molecule has 0 aliphatic heterocycles. The molecular formula is C17H33NO. The molecule has 2 aliphatic carbocycles. The standard InChI is InChI=1S/C17H33NO/c1-14(2)16-8-10-17(11-9-16,13-18-3)19-12-15-6-4-5-7-15/h14-16,18H,4-13H2,1-3H3. The van der Waals surface area contributed by atoms with E-state index in [2.05, 4.69) is 26.2 Å². The molecule has 19 heavy (non-hydrogen) atoms. The molecule has 0 aromatic carbocycles. The van der Waals surface area contributed by atoms with Gasteiger partial charge in [0.05, 0.1) is 12.2 Å². The van der Waals surface area contributed by atoms with Gasteiger partial charge in [0, 0.05) is 6.54 Å². The van der Waals surface area contributed by atoms with Crippen molar-refractivity contribution in [1.82, 2.24) is 5.32 Å². The first-order valence-corrected chi connectivity index (χ1v) is 8.44. The van der Waals surface area contributed by atoms with Gasteiger partial charge in [-0.1, -0.05) is 26.7 Å². The Morgan fingerprint density at radius 3 is 2.26 bits per heavy atom. The zero-order valence-electron chi connectivity index (χ0n) is 13.2. The summed E-state index contributed by atoms with van der Waals surface area (Å²) in [5, 5.41) is 3.37. The smallest absolute Gasteiger partial charge is 0.0806 e. The van der Waals surface area contributed by atoms with Gasteiger partial charge in [-0.15, -0.1) is 0 Å². The molecular weight excluding hydrogens is 234 g/mol. The molecule has 0 atom stereocenters. The van der Waals surface area contributed by atoms with Crippen LogP contribution in [0.25, 0.3) is 0 Å². The summed E-state index contributed by atoms with van der Waals surface area (Å²) < 4.78 is 6.46. The minimum atomic E-state index is 0.142. The van der Waals surface area contributed by atoms with Crippen LogP contribution in [-0.4, -0.2) is 25.8 Å². The van der Waals surface area contributed by atoms with Crippen LogP contribution in [-0.2, 0) is 4.74 Å². The molecule has 0 unspecified atom stereocenters. The van der Waals surface area contributed by atoms with Crippen LogP contribution in [0.5, 0.6) is 0 Å². The molecule has 1 N–H and O–H groups in total. The molecule has 0 heterocycles. The molecule has 0 saturated heterocycles. The maximum absolute atomic E-state index is 6.46. The fourth-order valence-corrected chi connectivity index (χ4v) is 4.00. The van der Waals surface area contributed by atoms with Crippen molar-refractivity contribution in [1.29, 1.82) is 0 Å². The van der Waals surface area contributed by atoms with E-state index in [0.29, 0.717) is 0 Å². The molecule has 0 aromatic heterocycles. The first-order chi connectivity index (χ1) is 9.15. The van der Waals surface area contributed by atoms with Crippen molar-refractivity contribution in [2.75, 3.05) is 20.2 Å². The Hall–Kier alpha value is -0.0800. The van der Waals surface area contributed by atoms with E-state index in [1.165, 1.54) is 51.4 Å². The van der Waals surface area contributed by atoms with Gasteiger partial charge in [-0.05, 0) is 63.3 Å². The van der Waals surface area contributed by atoms with Gasteiger partial charge in [-0.3, -0.25) is 0 Å². The average molecular weight is 267 g/mol. The van der Waals surface area contributed by atoms with Crippen molar-refractivity contribution in [2.24, 2.45) is 17.8 Å². The second-order valence-electron chi connectivity index (χ2n) is 7.26. The molecule has 0 spiro atoms. The van der Waals surface area contributed by atoms with Crippen molar-refractivity contribution < 1.29 is 4.74 Å². The highest BCUT2D eigenvalue weighted by Gasteiger charge is 2.37. The molecule has 2 heteroatoms. The van der Waals surface area contributed by atoms with Crippen LogP contribution in [0.3, 0.4) is 0 Å². The second kappa shape index (κ2) is 7.08. The largest absolute Gasteiger partial charge is 0.373 e. The van der Waals surface area contributed by atoms with Crippen molar-refractivity contribution in [3.05, 3.63) is 0 Å². The number of nitrogens with one attached hydrogen (secondary N) is 1. The second-order valence-corrected chi connectivity index (χ2v) is 7.26. The summed E-state index contributed by atoms with van der Waals surface area (Å²) >= 11 is 0. The van der Waals surface area contributed by atoms with Crippen molar-refractivity contribution in [3.63, 3.8) is 0 Å². The number of rotatable bonds is 6. The zero-order chi connectivity index (χ0) is 13.7. The van der Waals surface area contributed by atoms with Crippen LogP contribution in [0.2, 0.25) is 0 Å². The molecule has 2 rings (SSSR count). The zero-order valence-corrected chi connectivity index (χ0v) is 13.2. The van der Waals surface area contributed by atoms with Crippen molar-refractivity contribution in [2.45, 2.75) is 70.8 Å². The lowest BCUT2D eigenvalue weighted by atomic mass is 9.74. The Morgan fingerprint density at radius 1 is 1.11 bits per heavy atom. The van der Waals surface area contributed by atoms with E-state index >= 15 is 0 Å². The fourth-order valence-electron chi connectivity index (χ4n) is 4.00. The first kappa shape index (κ1) is 15.3. The van der Waals surface area contributed by atoms with Gasteiger partial charge in [0.25, 0.3) is 0 Å². The average Bonchev–Trinajstić information content (AvgIpc) is 2.91. The van der Waals surface area contributed by atoms with Gasteiger partial charge in [-0.25, -0.2) is 0 Å². The third-order valence-corrected chi connectivity index (χ3v) is 5.48. The molecule has 0 radical (unpaired) electrons. The summed E-state index contributed by atoms with van der Waals surface area (Å²) in [4.78, 5) is 0. The van der Waals surface area contributed by atoms with E-state index < -0.39 is 0 Å². The highest BCUT2D eigenvalue weighted by Crippen LogP contribution is 2.38. The summed E-state index contributed by atoms with van der Waals surface area (Å²) in [6.07, 6.45) is 10.8. The van der Waals surface area contributed by atoms with E-state index in [1.807, 2.05) is 0 Å². The predicted molar refractivity (Wildman–Crippen MR) is 81.4 cm³/mol. The van der Waals surface area contributed by atoms with E-state index in [-0.39, 0.29) is 5.60 Å². The lowest BCUT2D eigenvalue weighted by Crippen LogP contribution is -2.46. The number of hydrogen-bond donors (Lipinski definition) is 1. The van der Waals surface area contributed by atoms with Crippen LogP contribution < -0.4 is 5.32 Å². The van der Waals surface area contributed by atoms with Gasteiger partial charge >= 0.3 is 0 Å². The highest BCUT2D eigenvalue weighted by atomic mass is 16.5. The van der Waals surface area contributed by atoms with Gasteiger partial charge < -0.3 is 10.1 Å². The van der Waals surface area contributed by atoms with Gasteiger partial charge in [0.1, 0.15) is 0 Å². The van der Waals surface area contributed by atoms with Crippen LogP contribution in [0.1, 0.15) is 65.2 Å². The number of hydrogen-bond acceptors (Lipinski definition) is 2. The highest BCUT2D eigenvalue weighted by molar-refractivity contribution is 4.90. The molecule has 0 amide bonds. The maximum atomic E-state index is 6.46. The molecule has 0 aromatic rings. The minimum Gasteiger partial charge on any atom is -0.373 e. The molecule has 112 valence electrons. The molecule has 2 saturated carbocycles. The normalized spacial score (nSPS) is 33.2. The maximum Gasteiger partial charge on any atom is 0.0806 e. The molecule has 2 nitrogen and oxygen atoms in total. The lowest BCUT2D eigenvalue weighted by molar-refractivity contribution is -0.0899. The predicted octanol–water partition coefficient (Wildman–Crippen LogP) is 4.00. The van der Waals surface area contributed by atoms with Crippen molar-refractivity contribution >= 4 is 0 Å². The fraction of sp³-hybridized carbons (Fsp3) is 1.00. The van der Waals surface area contributed by atoms with Gasteiger partial charge in [0.15, 0.2) is 0 Å². The number of ether oxygens (including phenoxy) is 1. The molecule has 2 fully saturated rings. The van der Waals surface area contributed by atoms with Gasteiger partial charge in [-0.2, -0.15) is 0 Å². The molecule has 0 bridgehead atoms. The lowest BCUT2D eigenvalue weighted by Gasteiger charge is -2.41. The topological polar surface area (TPSA) is 21.3 Å². The quantitative estimate of drug-likeness (QED) is 0.785. The van der Waals surface area contributed by atoms with E-state index in [1.54, 1.807) is 0 Å². The Bertz CT molecular complexity index is 250. The van der Waals surface area contributed by atoms with Crippen LogP contribution in [0.4, 0.5) is 0 Å². The summed E-state index contributed by atoms with van der Waals surface area (Å²) in [6, 6.07) is 0. The van der Waals surface area contributed by atoms with E-state index in [0.717, 1.165) is 30.9 Å². The van der Waals surface area contributed by atoms with Crippen LogP contribution in [0, 0.1) is 17.8 Å². The van der Waals surface area contributed by atoms with E-state index in [4.69, 9.17) is 4.74 Å². The molecule has 2 aliphatic rings. The Labute approximate surface area is 119 Å². The SMILES string of the molecule is CNCC1(OCC2CCCC2)CCC(C(C)C)CC1. The Kier molecular flexibility index (Phi) is 5.70. The summed E-state index contributed by atoms with van der Waals surface area (Å²) in [5.74, 6) is 2.60. The third-order valence-electron chi connectivity index (χ3n) is 5.48. The van der Waals surface area contributed by atoms with Crippen LogP contribution in [0.15, 0.2) is 0 Å². The number of likely N-dealkylation sites (N-methyl/N-ethyl adjacent to an activating group) is 1. The third kappa shape index (κ3) is 4.19. The first-order valence-electron chi connectivity index (χ1n) is 8.44. The van der Waals surface area contributed by atoms with Crippen LogP contribution >= 0.6 is 0 Å². The summed E-state index contributed by atoms with van der Waals surface area (Å²) in [7, 11) is 2.06. The van der Waals surface area contributed by atoms with Crippen molar-refractivity contribution in [3.8, 4) is 0 Å². The van der Waals surface area contributed by atoms with Gasteiger partial charge in [0.2, 0.25) is 0 Å². The monoisotopic (exact) mass is 267 g/mol.